The second-order valence-electron chi connectivity index (χ2n) is 10.8. The summed E-state index contributed by atoms with van der Waals surface area (Å²) < 4.78 is 11.5. The first-order chi connectivity index (χ1) is 21.0. The van der Waals surface area contributed by atoms with E-state index in [-0.39, 0.29) is 11.5 Å². The number of phenolic OH excluding ortho intramolecular Hbond substituents is 2. The van der Waals surface area contributed by atoms with Crippen LogP contribution in [-0.4, -0.2) is 24.4 Å². The largest absolute Gasteiger partial charge is 0.508 e. The normalized spacial score (nSPS) is 12.8. The molecule has 0 aromatic heterocycles. The maximum Gasteiger partial charge on any atom is 0.126 e. The van der Waals surface area contributed by atoms with Crippen molar-refractivity contribution in [3.63, 3.8) is 0 Å². The molecule has 7 rings (SSSR count). The van der Waals surface area contributed by atoms with Crippen molar-refractivity contribution in [2.45, 2.75) is 5.41 Å². The molecule has 6 aromatic rings. The smallest absolute Gasteiger partial charge is 0.126 e. The van der Waals surface area contributed by atoms with E-state index in [9.17, 15) is 10.2 Å². The number of rotatable bonds is 6. The monoisotopic (exact) mass is 562 g/mol. The second-order valence-corrected chi connectivity index (χ2v) is 10.8. The molecule has 0 aliphatic heterocycles. The molecule has 210 valence electrons. The molecule has 0 radical (unpaired) electrons. The molecule has 0 fully saturated rings. The van der Waals surface area contributed by atoms with Crippen LogP contribution < -0.4 is 9.47 Å². The minimum atomic E-state index is -0.748. The second kappa shape index (κ2) is 10.4. The Morgan fingerprint density at radius 3 is 1.23 bits per heavy atom. The summed E-state index contributed by atoms with van der Waals surface area (Å²) in [6, 6.07) is 44.2. The Morgan fingerprint density at radius 1 is 0.442 bits per heavy atom. The zero-order valence-corrected chi connectivity index (χ0v) is 23.9. The van der Waals surface area contributed by atoms with Gasteiger partial charge >= 0.3 is 0 Å². The fraction of sp³-hybridized carbons (Fsp3) is 0.0769. The van der Waals surface area contributed by atoms with E-state index in [1.807, 2.05) is 60.7 Å². The average molecular weight is 563 g/mol. The van der Waals surface area contributed by atoms with Gasteiger partial charge in [-0.25, -0.2) is 0 Å². The van der Waals surface area contributed by atoms with Crippen LogP contribution in [0.1, 0.15) is 22.3 Å². The van der Waals surface area contributed by atoms with Gasteiger partial charge in [0.15, 0.2) is 0 Å². The Balaban J connectivity index is 1.59. The molecule has 0 atom stereocenters. The first kappa shape index (κ1) is 26.4. The summed E-state index contributed by atoms with van der Waals surface area (Å²) in [7, 11) is 3.39. The van der Waals surface area contributed by atoms with Crippen molar-refractivity contribution >= 4 is 0 Å². The zero-order valence-electron chi connectivity index (χ0n) is 23.9. The Kier molecular flexibility index (Phi) is 6.40. The summed E-state index contributed by atoms with van der Waals surface area (Å²) in [5.74, 6) is 2.01. The van der Waals surface area contributed by atoms with E-state index < -0.39 is 5.41 Å². The third kappa shape index (κ3) is 4.14. The maximum atomic E-state index is 10.3. The van der Waals surface area contributed by atoms with Crippen molar-refractivity contribution in [3.05, 3.63) is 156 Å². The number of hydrogen-bond donors (Lipinski definition) is 2. The van der Waals surface area contributed by atoms with Gasteiger partial charge < -0.3 is 19.7 Å². The van der Waals surface area contributed by atoms with Crippen molar-refractivity contribution in [1.82, 2.24) is 0 Å². The predicted octanol–water partition coefficient (Wildman–Crippen LogP) is 8.81. The molecule has 4 heteroatoms. The van der Waals surface area contributed by atoms with Crippen LogP contribution in [0.15, 0.2) is 133 Å². The van der Waals surface area contributed by atoms with Crippen LogP contribution in [0.2, 0.25) is 0 Å². The Bertz CT molecular complexity index is 1810. The minimum Gasteiger partial charge on any atom is -0.508 e. The van der Waals surface area contributed by atoms with Crippen LogP contribution in [0.4, 0.5) is 0 Å². The van der Waals surface area contributed by atoms with Crippen LogP contribution in [0.25, 0.3) is 33.4 Å². The van der Waals surface area contributed by atoms with Gasteiger partial charge in [-0.15, -0.1) is 0 Å². The lowest BCUT2D eigenvalue weighted by molar-refractivity contribution is 0.416. The van der Waals surface area contributed by atoms with E-state index in [1.54, 1.807) is 38.5 Å². The molecule has 0 spiro atoms. The summed E-state index contributed by atoms with van der Waals surface area (Å²) in [6.07, 6.45) is 0. The number of hydrogen-bond acceptors (Lipinski definition) is 4. The summed E-state index contributed by atoms with van der Waals surface area (Å²) in [5.41, 5.74) is 9.82. The van der Waals surface area contributed by atoms with E-state index in [1.165, 1.54) is 0 Å². The highest BCUT2D eigenvalue weighted by molar-refractivity contribution is 5.91. The van der Waals surface area contributed by atoms with Gasteiger partial charge in [0.2, 0.25) is 0 Å². The summed E-state index contributed by atoms with van der Waals surface area (Å²) in [6.45, 7) is 0. The van der Waals surface area contributed by atoms with Crippen molar-refractivity contribution in [3.8, 4) is 56.4 Å². The van der Waals surface area contributed by atoms with Gasteiger partial charge in [0.05, 0.1) is 19.6 Å². The molecular weight excluding hydrogens is 532 g/mol. The molecular formula is C39H30O4. The molecule has 1 aliphatic rings. The van der Waals surface area contributed by atoms with Crippen LogP contribution in [-0.2, 0) is 5.41 Å². The van der Waals surface area contributed by atoms with Crippen LogP contribution in [0, 0.1) is 0 Å². The van der Waals surface area contributed by atoms with E-state index in [4.69, 9.17) is 9.47 Å². The van der Waals surface area contributed by atoms with Gasteiger partial charge in [-0.2, -0.15) is 0 Å². The number of para-hydroxylation sites is 2. The Hall–Kier alpha value is -5.48. The molecule has 0 heterocycles. The molecule has 0 saturated carbocycles. The number of ether oxygens (including phenoxy) is 2. The molecule has 0 bridgehead atoms. The molecule has 0 unspecified atom stereocenters. The summed E-state index contributed by atoms with van der Waals surface area (Å²) in [4.78, 5) is 0. The van der Waals surface area contributed by atoms with E-state index >= 15 is 0 Å². The first-order valence-corrected chi connectivity index (χ1v) is 14.2. The third-order valence-corrected chi connectivity index (χ3v) is 8.57. The van der Waals surface area contributed by atoms with E-state index in [2.05, 4.69) is 48.5 Å². The van der Waals surface area contributed by atoms with Gasteiger partial charge in [-0.05, 0) is 93.0 Å². The predicted molar refractivity (Wildman–Crippen MR) is 171 cm³/mol. The fourth-order valence-corrected chi connectivity index (χ4v) is 6.64. The molecule has 1 aliphatic carbocycles. The average Bonchev–Trinajstić information content (AvgIpc) is 3.35. The number of benzene rings is 6. The number of aromatic hydroxyl groups is 2. The van der Waals surface area contributed by atoms with Gasteiger partial charge in [-0.3, -0.25) is 0 Å². The lowest BCUT2D eigenvalue weighted by Crippen LogP contribution is -2.28. The maximum absolute atomic E-state index is 10.3. The van der Waals surface area contributed by atoms with Gasteiger partial charge in [0, 0.05) is 11.1 Å². The zero-order chi connectivity index (χ0) is 29.6. The lowest BCUT2D eigenvalue weighted by atomic mass is 9.67. The standard InChI is InChI=1S/C39H30O4/c1-42-37-9-5-3-7-31(37)25-11-21-33-34-22-12-26(32-8-4-6-10-38(32)43-2)24-36(34)39(35(33)23-25,27-13-17-29(40)18-14-27)28-15-19-30(41)20-16-28/h3-24,40-41H,1-2H3. The Labute approximate surface area is 251 Å². The SMILES string of the molecule is COc1ccccc1-c1ccc2c(c1)C(c1ccc(O)cc1)(c1ccc(O)cc1)c1cc(-c3ccccc3OC)ccc1-2. The highest BCUT2D eigenvalue weighted by atomic mass is 16.5. The lowest BCUT2D eigenvalue weighted by Gasteiger charge is -2.34. The fourth-order valence-electron chi connectivity index (χ4n) is 6.64. The highest BCUT2D eigenvalue weighted by Crippen LogP contribution is 2.58. The van der Waals surface area contributed by atoms with Crippen molar-refractivity contribution in [2.24, 2.45) is 0 Å². The molecule has 2 N–H and O–H groups in total. The van der Waals surface area contributed by atoms with E-state index in [0.29, 0.717) is 0 Å². The van der Waals surface area contributed by atoms with Gasteiger partial charge in [-0.1, -0.05) is 84.9 Å². The first-order valence-electron chi connectivity index (χ1n) is 14.2. The van der Waals surface area contributed by atoms with Crippen LogP contribution in [0.5, 0.6) is 23.0 Å². The molecule has 0 amide bonds. The molecule has 4 nitrogen and oxygen atoms in total. The van der Waals surface area contributed by atoms with Crippen molar-refractivity contribution in [1.29, 1.82) is 0 Å². The summed E-state index contributed by atoms with van der Waals surface area (Å²) in [5, 5.41) is 20.6. The third-order valence-electron chi connectivity index (χ3n) is 8.57. The molecule has 0 saturated heterocycles. The highest BCUT2D eigenvalue weighted by Gasteiger charge is 2.46. The van der Waals surface area contributed by atoms with Crippen LogP contribution in [0.3, 0.4) is 0 Å². The van der Waals surface area contributed by atoms with Gasteiger partial charge in [0.1, 0.15) is 23.0 Å². The minimum absolute atomic E-state index is 0.202. The molecule has 43 heavy (non-hydrogen) atoms. The molecule has 6 aromatic carbocycles. The number of methoxy groups -OCH3 is 2. The quantitative estimate of drug-likeness (QED) is 0.213. The Morgan fingerprint density at radius 2 is 0.837 bits per heavy atom. The topological polar surface area (TPSA) is 58.9 Å². The van der Waals surface area contributed by atoms with Crippen molar-refractivity contribution in [2.75, 3.05) is 14.2 Å². The van der Waals surface area contributed by atoms with E-state index in [0.717, 1.165) is 67.1 Å². The summed E-state index contributed by atoms with van der Waals surface area (Å²) >= 11 is 0. The van der Waals surface area contributed by atoms with Crippen LogP contribution >= 0.6 is 0 Å². The number of fused-ring (bicyclic) bond motifs is 3. The van der Waals surface area contributed by atoms with Gasteiger partial charge in [0.25, 0.3) is 0 Å². The van der Waals surface area contributed by atoms with Crippen molar-refractivity contribution < 1.29 is 19.7 Å². The number of phenols is 2.